The molecule has 1 aliphatic carbocycles. The number of anilines is 1. The summed E-state index contributed by atoms with van der Waals surface area (Å²) in [5.74, 6) is 2.12. The minimum absolute atomic E-state index is 0.0809. The molecular formula is C25H31N5O. The predicted molar refractivity (Wildman–Crippen MR) is 123 cm³/mol. The molecule has 3 aromatic rings. The molecule has 2 aliphatic rings. The second kappa shape index (κ2) is 8.42. The average Bonchev–Trinajstić information content (AvgIpc) is 3.47. The molecule has 1 amide bonds. The quantitative estimate of drug-likeness (QED) is 0.581. The van der Waals surface area contributed by atoms with Gasteiger partial charge in [0.15, 0.2) is 5.65 Å². The van der Waals surface area contributed by atoms with Gasteiger partial charge in [0, 0.05) is 31.1 Å². The van der Waals surface area contributed by atoms with Crippen molar-refractivity contribution >= 4 is 17.5 Å². The van der Waals surface area contributed by atoms with Crippen LogP contribution in [-0.4, -0.2) is 38.5 Å². The summed E-state index contributed by atoms with van der Waals surface area (Å²) in [5, 5.41) is 7.30. The highest BCUT2D eigenvalue weighted by molar-refractivity contribution is 5.90. The summed E-state index contributed by atoms with van der Waals surface area (Å²) in [6, 6.07) is 14.6. The Bertz CT molecular complexity index is 1060. The summed E-state index contributed by atoms with van der Waals surface area (Å²) >= 11 is 0. The largest absolute Gasteiger partial charge is 0.298 e. The first-order valence-electron chi connectivity index (χ1n) is 11.5. The zero-order valence-electron chi connectivity index (χ0n) is 18.4. The predicted octanol–water partition coefficient (Wildman–Crippen LogP) is 4.61. The molecule has 31 heavy (non-hydrogen) atoms. The number of amides is 1. The highest BCUT2D eigenvalue weighted by atomic mass is 16.2. The molecule has 3 heterocycles. The van der Waals surface area contributed by atoms with E-state index in [9.17, 15) is 4.79 Å². The van der Waals surface area contributed by atoms with Gasteiger partial charge in [-0.15, -0.1) is 5.10 Å². The highest BCUT2D eigenvalue weighted by Crippen LogP contribution is 2.36. The van der Waals surface area contributed by atoms with Crippen molar-refractivity contribution < 1.29 is 4.79 Å². The summed E-state index contributed by atoms with van der Waals surface area (Å²) in [5.41, 5.74) is 4.12. The van der Waals surface area contributed by atoms with E-state index in [0.717, 1.165) is 35.3 Å². The Morgan fingerprint density at radius 1 is 1.06 bits per heavy atom. The average molecular weight is 418 g/mol. The lowest BCUT2D eigenvalue weighted by Gasteiger charge is -2.39. The Morgan fingerprint density at radius 3 is 2.52 bits per heavy atom. The Labute approximate surface area is 183 Å². The smallest absolute Gasteiger partial charge is 0.249 e. The van der Waals surface area contributed by atoms with Crippen molar-refractivity contribution in [2.24, 2.45) is 17.8 Å². The first-order valence-corrected chi connectivity index (χ1v) is 11.5. The van der Waals surface area contributed by atoms with Gasteiger partial charge in [-0.1, -0.05) is 63.4 Å². The first kappa shape index (κ1) is 20.2. The van der Waals surface area contributed by atoms with Gasteiger partial charge in [-0.3, -0.25) is 15.0 Å². The molecule has 5 rings (SSSR count). The summed E-state index contributed by atoms with van der Waals surface area (Å²) in [6.45, 7) is 7.23. The second-order valence-corrected chi connectivity index (χ2v) is 9.54. The summed E-state index contributed by atoms with van der Waals surface area (Å²) in [6.07, 6.45) is 5.81. The second-order valence-electron chi connectivity index (χ2n) is 9.54. The van der Waals surface area contributed by atoms with E-state index in [1.54, 1.807) is 4.52 Å². The van der Waals surface area contributed by atoms with Gasteiger partial charge in [0.2, 0.25) is 11.9 Å². The molecule has 0 bridgehead atoms. The maximum Gasteiger partial charge on any atom is 0.249 e. The monoisotopic (exact) mass is 417 g/mol. The molecule has 1 aliphatic heterocycles. The van der Waals surface area contributed by atoms with Crippen LogP contribution in [-0.2, 0) is 11.3 Å². The number of likely N-dealkylation sites (tertiary alicyclic amines) is 1. The maximum absolute atomic E-state index is 12.0. The number of nitrogens with one attached hydrogen (secondary N) is 1. The summed E-state index contributed by atoms with van der Waals surface area (Å²) in [4.78, 5) is 19.0. The molecular weight excluding hydrogens is 386 g/mol. The van der Waals surface area contributed by atoms with Gasteiger partial charge in [-0.05, 0) is 36.0 Å². The minimum atomic E-state index is -0.112. The topological polar surface area (TPSA) is 62.5 Å². The zero-order valence-corrected chi connectivity index (χ0v) is 18.4. The van der Waals surface area contributed by atoms with Crippen molar-refractivity contribution in [3.05, 3.63) is 48.0 Å². The minimum Gasteiger partial charge on any atom is -0.298 e. The van der Waals surface area contributed by atoms with Crippen LogP contribution in [0.1, 0.15) is 45.1 Å². The lowest BCUT2D eigenvalue weighted by molar-refractivity contribution is -0.118. The van der Waals surface area contributed by atoms with Crippen LogP contribution in [0.2, 0.25) is 0 Å². The molecule has 0 atom stereocenters. The fraction of sp³-hybridized carbons (Fsp3) is 0.480. The third kappa shape index (κ3) is 4.64. The van der Waals surface area contributed by atoms with Crippen LogP contribution >= 0.6 is 0 Å². The Balaban J connectivity index is 1.24. The fourth-order valence-electron chi connectivity index (χ4n) is 4.34. The molecule has 6 heteroatoms. The number of hydrogen-bond acceptors (Lipinski definition) is 4. The molecule has 6 nitrogen and oxygen atoms in total. The van der Waals surface area contributed by atoms with Crippen LogP contribution < -0.4 is 5.32 Å². The van der Waals surface area contributed by atoms with Gasteiger partial charge in [-0.25, -0.2) is 4.52 Å². The molecule has 1 saturated heterocycles. The van der Waals surface area contributed by atoms with E-state index in [1.165, 1.54) is 44.3 Å². The Kier molecular flexibility index (Phi) is 5.48. The van der Waals surface area contributed by atoms with Crippen LogP contribution in [0.3, 0.4) is 0 Å². The molecule has 0 unspecified atom stereocenters. The van der Waals surface area contributed by atoms with Gasteiger partial charge in [-0.2, -0.15) is 4.98 Å². The van der Waals surface area contributed by atoms with Gasteiger partial charge < -0.3 is 0 Å². The number of nitrogens with zero attached hydrogens (tertiary/aromatic N) is 4. The third-order valence-electron chi connectivity index (χ3n) is 6.49. The van der Waals surface area contributed by atoms with Gasteiger partial charge in [0.25, 0.3) is 0 Å². The zero-order chi connectivity index (χ0) is 21.4. The van der Waals surface area contributed by atoms with Gasteiger partial charge in [0.05, 0.1) is 5.69 Å². The van der Waals surface area contributed by atoms with Crippen LogP contribution in [0.15, 0.2) is 42.5 Å². The summed E-state index contributed by atoms with van der Waals surface area (Å²) < 4.78 is 1.80. The lowest BCUT2D eigenvalue weighted by atomic mass is 9.93. The third-order valence-corrected chi connectivity index (χ3v) is 6.49. The van der Waals surface area contributed by atoms with E-state index in [4.69, 9.17) is 0 Å². The molecule has 1 aromatic carbocycles. The van der Waals surface area contributed by atoms with Crippen LogP contribution in [0.4, 0.5) is 5.95 Å². The molecule has 162 valence electrons. The number of rotatable bonds is 8. The van der Waals surface area contributed by atoms with E-state index in [0.29, 0.717) is 5.95 Å². The van der Waals surface area contributed by atoms with Crippen molar-refractivity contribution in [2.45, 2.75) is 46.1 Å². The van der Waals surface area contributed by atoms with Gasteiger partial charge >= 0.3 is 0 Å². The van der Waals surface area contributed by atoms with Crippen molar-refractivity contribution in [1.29, 1.82) is 0 Å². The number of fused-ring (bicyclic) bond motifs is 1. The number of carbonyl (C=O) groups is 1. The van der Waals surface area contributed by atoms with Crippen molar-refractivity contribution in [1.82, 2.24) is 19.5 Å². The number of aromatic nitrogens is 3. The van der Waals surface area contributed by atoms with Crippen molar-refractivity contribution in [3.8, 4) is 11.3 Å². The molecule has 1 saturated carbocycles. The van der Waals surface area contributed by atoms with Crippen LogP contribution in [0.25, 0.3) is 16.9 Å². The highest BCUT2D eigenvalue weighted by Gasteiger charge is 2.29. The van der Waals surface area contributed by atoms with Crippen LogP contribution in [0, 0.1) is 17.8 Å². The number of pyridine rings is 1. The first-order chi connectivity index (χ1) is 15.0. The normalized spacial score (nSPS) is 17.3. The number of carbonyl (C=O) groups excluding carboxylic acids is 1. The van der Waals surface area contributed by atoms with E-state index in [-0.39, 0.29) is 11.8 Å². The Hall–Kier alpha value is -2.73. The number of hydrogen-bond donors (Lipinski definition) is 1. The van der Waals surface area contributed by atoms with Crippen molar-refractivity contribution in [3.63, 3.8) is 0 Å². The fourth-order valence-corrected chi connectivity index (χ4v) is 4.34. The Morgan fingerprint density at radius 2 is 1.81 bits per heavy atom. The standard InChI is InChI=1S/C25H31N5O/c1-17(2)24(31)27-25-26-23-5-3-4-22(30(23)28-25)21-12-10-19(11-13-21)14-29-15-20(16-29)9-8-18-6-7-18/h3-5,10-13,17-18,20H,6-9,14-16H2,1-2H3,(H,27,28,31). The molecule has 2 fully saturated rings. The summed E-state index contributed by atoms with van der Waals surface area (Å²) in [7, 11) is 0. The van der Waals surface area contributed by atoms with E-state index >= 15 is 0 Å². The maximum atomic E-state index is 12.0. The molecule has 1 N–H and O–H groups in total. The SMILES string of the molecule is CC(C)C(=O)Nc1nc2cccc(-c3ccc(CN4CC(CCC5CC5)C4)cc3)n2n1. The van der Waals surface area contributed by atoms with Crippen LogP contribution in [0.5, 0.6) is 0 Å². The van der Waals surface area contributed by atoms with Crippen molar-refractivity contribution in [2.75, 3.05) is 18.4 Å². The molecule has 0 spiro atoms. The van der Waals surface area contributed by atoms with E-state index < -0.39 is 0 Å². The lowest BCUT2D eigenvalue weighted by Crippen LogP contribution is -2.45. The molecule has 2 aromatic heterocycles. The number of benzene rings is 1. The van der Waals surface area contributed by atoms with E-state index in [2.05, 4.69) is 44.6 Å². The van der Waals surface area contributed by atoms with E-state index in [1.807, 2.05) is 32.0 Å². The van der Waals surface area contributed by atoms with Gasteiger partial charge in [0.1, 0.15) is 0 Å². The molecule has 0 radical (unpaired) electrons.